The Balaban J connectivity index is 1.76. The van der Waals surface area contributed by atoms with Gasteiger partial charge in [0.15, 0.2) is 6.61 Å². The monoisotopic (exact) mass is 480 g/mol. The van der Waals surface area contributed by atoms with Crippen molar-refractivity contribution in [2.24, 2.45) is 11.8 Å². The van der Waals surface area contributed by atoms with Crippen LogP contribution in [0.1, 0.15) is 63.2 Å². The third-order valence-electron chi connectivity index (χ3n) is 6.60. The van der Waals surface area contributed by atoms with Crippen molar-refractivity contribution >= 4 is 21.9 Å². The Bertz CT molecular complexity index is 954. The van der Waals surface area contributed by atoms with Crippen LogP contribution >= 0.6 is 0 Å². The van der Waals surface area contributed by atoms with E-state index >= 15 is 0 Å². The average Bonchev–Trinajstić information content (AvgIpc) is 2.81. The van der Waals surface area contributed by atoms with Crippen molar-refractivity contribution < 1.29 is 27.5 Å². The Morgan fingerprint density at radius 3 is 2.45 bits per heavy atom. The SMILES string of the molecule is CCC1CCCCN1C(=O)COC(=O)c1ccc(OC)c(S(=O)(=O)N2CC(C)CC(C)C2)c1. The molecule has 0 N–H and O–H groups in total. The van der Waals surface area contributed by atoms with Gasteiger partial charge in [-0.25, -0.2) is 13.2 Å². The zero-order valence-electron chi connectivity index (χ0n) is 20.1. The summed E-state index contributed by atoms with van der Waals surface area (Å²) in [5, 5.41) is 0. The maximum atomic E-state index is 13.4. The van der Waals surface area contributed by atoms with Crippen LogP contribution in [0.5, 0.6) is 5.75 Å². The van der Waals surface area contributed by atoms with E-state index in [2.05, 4.69) is 0 Å². The van der Waals surface area contributed by atoms with Crippen molar-refractivity contribution in [1.29, 1.82) is 0 Å². The molecule has 3 unspecified atom stereocenters. The molecule has 1 aromatic rings. The topological polar surface area (TPSA) is 93.2 Å². The molecule has 33 heavy (non-hydrogen) atoms. The first-order valence-corrected chi connectivity index (χ1v) is 13.3. The number of methoxy groups -OCH3 is 1. The summed E-state index contributed by atoms with van der Waals surface area (Å²) in [6.45, 7) is 7.28. The molecule has 0 radical (unpaired) electrons. The van der Waals surface area contributed by atoms with Gasteiger partial charge in [-0.15, -0.1) is 0 Å². The fourth-order valence-electron chi connectivity index (χ4n) is 4.99. The van der Waals surface area contributed by atoms with E-state index < -0.39 is 16.0 Å². The van der Waals surface area contributed by atoms with Gasteiger partial charge in [0, 0.05) is 25.7 Å². The molecule has 2 aliphatic heterocycles. The van der Waals surface area contributed by atoms with Crippen LogP contribution in [0, 0.1) is 11.8 Å². The Morgan fingerprint density at radius 2 is 1.82 bits per heavy atom. The molecule has 1 amide bonds. The van der Waals surface area contributed by atoms with Gasteiger partial charge in [0.1, 0.15) is 10.6 Å². The Kier molecular flexibility index (Phi) is 8.39. The third-order valence-corrected chi connectivity index (χ3v) is 8.45. The van der Waals surface area contributed by atoms with Gasteiger partial charge >= 0.3 is 5.97 Å². The summed E-state index contributed by atoms with van der Waals surface area (Å²) < 4.78 is 38.8. The minimum atomic E-state index is -3.86. The zero-order chi connectivity index (χ0) is 24.2. The number of benzene rings is 1. The number of hydrogen-bond acceptors (Lipinski definition) is 6. The molecular formula is C24H36N2O6S. The number of esters is 1. The second-order valence-corrected chi connectivity index (χ2v) is 11.3. The van der Waals surface area contributed by atoms with Crippen LogP contribution in [0.25, 0.3) is 0 Å². The highest BCUT2D eigenvalue weighted by Gasteiger charge is 2.34. The summed E-state index contributed by atoms with van der Waals surface area (Å²) in [5.74, 6) is -0.279. The molecule has 1 aromatic carbocycles. The Hall–Kier alpha value is -2.13. The predicted octanol–water partition coefficient (Wildman–Crippen LogP) is 3.31. The standard InChI is InChI=1S/C24H36N2O6S/c1-5-20-8-6-7-11-26(20)23(27)16-32-24(28)19-9-10-21(31-4)22(13-19)33(29,30)25-14-17(2)12-18(3)15-25/h9-10,13,17-18,20H,5-8,11-12,14-16H2,1-4H3. The molecule has 2 fully saturated rings. The summed E-state index contributed by atoms with van der Waals surface area (Å²) in [5.41, 5.74) is 0.0750. The highest BCUT2D eigenvalue weighted by molar-refractivity contribution is 7.89. The second kappa shape index (κ2) is 10.9. The number of piperidine rings is 2. The van der Waals surface area contributed by atoms with Gasteiger partial charge in [0.2, 0.25) is 10.0 Å². The fourth-order valence-corrected chi connectivity index (χ4v) is 6.85. The summed E-state index contributed by atoms with van der Waals surface area (Å²) in [6.07, 6.45) is 4.85. The van der Waals surface area contributed by atoms with Gasteiger partial charge < -0.3 is 14.4 Å². The van der Waals surface area contributed by atoms with E-state index in [9.17, 15) is 18.0 Å². The van der Waals surface area contributed by atoms with E-state index in [4.69, 9.17) is 9.47 Å². The van der Waals surface area contributed by atoms with Gasteiger partial charge in [0.25, 0.3) is 5.91 Å². The van der Waals surface area contributed by atoms with Crippen molar-refractivity contribution in [3.8, 4) is 5.75 Å². The van der Waals surface area contributed by atoms with E-state index in [1.54, 1.807) is 4.90 Å². The number of hydrogen-bond donors (Lipinski definition) is 0. The quantitative estimate of drug-likeness (QED) is 0.556. The number of ether oxygens (including phenoxy) is 2. The maximum Gasteiger partial charge on any atom is 0.338 e. The van der Waals surface area contributed by atoms with Crippen LogP contribution in [-0.2, 0) is 19.6 Å². The number of amides is 1. The smallest absolute Gasteiger partial charge is 0.338 e. The van der Waals surface area contributed by atoms with Crippen LogP contribution in [0.3, 0.4) is 0 Å². The van der Waals surface area contributed by atoms with Crippen LogP contribution < -0.4 is 4.74 Å². The summed E-state index contributed by atoms with van der Waals surface area (Å²) in [6, 6.07) is 4.39. The minimum Gasteiger partial charge on any atom is -0.495 e. The number of rotatable bonds is 7. The lowest BCUT2D eigenvalue weighted by molar-refractivity contribution is -0.138. The number of nitrogens with zero attached hydrogens (tertiary/aromatic N) is 2. The number of sulfonamides is 1. The van der Waals surface area contributed by atoms with Crippen molar-refractivity contribution in [3.05, 3.63) is 23.8 Å². The first-order chi connectivity index (χ1) is 15.7. The lowest BCUT2D eigenvalue weighted by Gasteiger charge is -2.35. The summed E-state index contributed by atoms with van der Waals surface area (Å²) >= 11 is 0. The molecule has 0 aliphatic carbocycles. The molecule has 0 aromatic heterocycles. The molecule has 2 saturated heterocycles. The summed E-state index contributed by atoms with van der Waals surface area (Å²) in [7, 11) is -2.46. The first kappa shape index (κ1) is 25.5. The van der Waals surface area contributed by atoms with Crippen molar-refractivity contribution in [2.45, 2.75) is 63.8 Å². The van der Waals surface area contributed by atoms with Crippen molar-refractivity contribution in [1.82, 2.24) is 9.21 Å². The Labute approximate surface area is 197 Å². The van der Waals surface area contributed by atoms with Crippen molar-refractivity contribution in [2.75, 3.05) is 33.4 Å². The number of carbonyl (C=O) groups excluding carboxylic acids is 2. The maximum absolute atomic E-state index is 13.4. The van der Waals surface area contributed by atoms with Gasteiger partial charge in [-0.2, -0.15) is 4.31 Å². The van der Waals surface area contributed by atoms with E-state index in [1.165, 1.54) is 29.6 Å². The van der Waals surface area contributed by atoms with Gasteiger partial charge in [-0.3, -0.25) is 4.79 Å². The first-order valence-electron chi connectivity index (χ1n) is 11.8. The highest BCUT2D eigenvalue weighted by Crippen LogP contribution is 2.32. The van der Waals surface area contributed by atoms with Crippen LogP contribution in [0.4, 0.5) is 0 Å². The molecule has 3 rings (SSSR count). The van der Waals surface area contributed by atoms with Gasteiger partial charge in [0.05, 0.1) is 12.7 Å². The van der Waals surface area contributed by atoms with Gasteiger partial charge in [-0.05, 0) is 62.1 Å². The zero-order valence-corrected chi connectivity index (χ0v) is 20.9. The molecule has 9 heteroatoms. The molecule has 8 nitrogen and oxygen atoms in total. The molecule has 2 aliphatic rings. The highest BCUT2D eigenvalue weighted by atomic mass is 32.2. The average molecular weight is 481 g/mol. The lowest BCUT2D eigenvalue weighted by atomic mass is 9.94. The predicted molar refractivity (Wildman–Crippen MR) is 125 cm³/mol. The van der Waals surface area contributed by atoms with Crippen LogP contribution in [0.2, 0.25) is 0 Å². The molecule has 3 atom stereocenters. The normalized spacial score (nSPS) is 24.4. The van der Waals surface area contributed by atoms with Crippen LogP contribution in [-0.4, -0.2) is 68.9 Å². The third kappa shape index (κ3) is 5.87. The largest absolute Gasteiger partial charge is 0.495 e. The number of likely N-dealkylation sites (tertiary alicyclic amines) is 1. The molecule has 0 bridgehead atoms. The lowest BCUT2D eigenvalue weighted by Crippen LogP contribution is -2.45. The van der Waals surface area contributed by atoms with Crippen LogP contribution in [0.15, 0.2) is 23.1 Å². The van der Waals surface area contributed by atoms with E-state index in [1.807, 2.05) is 20.8 Å². The molecule has 2 heterocycles. The Morgan fingerprint density at radius 1 is 1.12 bits per heavy atom. The molecule has 184 valence electrons. The number of carbonyl (C=O) groups is 2. The van der Waals surface area contributed by atoms with Gasteiger partial charge in [-0.1, -0.05) is 20.8 Å². The van der Waals surface area contributed by atoms with Crippen molar-refractivity contribution in [3.63, 3.8) is 0 Å². The van der Waals surface area contributed by atoms with E-state index in [-0.39, 0.29) is 46.6 Å². The minimum absolute atomic E-state index is 0.0610. The fraction of sp³-hybridized carbons (Fsp3) is 0.667. The van der Waals surface area contributed by atoms with E-state index in [0.717, 1.165) is 32.1 Å². The van der Waals surface area contributed by atoms with E-state index in [0.29, 0.717) is 19.6 Å². The second-order valence-electron chi connectivity index (χ2n) is 9.35. The summed E-state index contributed by atoms with van der Waals surface area (Å²) in [4.78, 5) is 27.1. The molecule has 0 spiro atoms. The molecule has 0 saturated carbocycles. The molecular weight excluding hydrogens is 444 g/mol.